The van der Waals surface area contributed by atoms with Crippen molar-refractivity contribution in [1.82, 2.24) is 5.32 Å². The molecule has 3 unspecified atom stereocenters. The van der Waals surface area contributed by atoms with Gasteiger partial charge in [0.05, 0.1) is 13.2 Å². The summed E-state index contributed by atoms with van der Waals surface area (Å²) in [6.07, 6.45) is 4.50. The van der Waals surface area contributed by atoms with E-state index in [0.29, 0.717) is 12.6 Å². The smallest absolute Gasteiger partial charge is 0.167 e. The Hall–Kier alpha value is -0.160. The number of ether oxygens (including phenoxy) is 2. The van der Waals surface area contributed by atoms with Gasteiger partial charge in [0, 0.05) is 12.5 Å². The monoisotopic (exact) mass is 215 g/mol. The number of aliphatic hydroxyl groups is 1. The van der Waals surface area contributed by atoms with E-state index in [1.165, 1.54) is 19.3 Å². The first-order chi connectivity index (χ1) is 7.22. The summed E-state index contributed by atoms with van der Waals surface area (Å²) in [5.74, 6) is -0.498. The number of nitrogens with one attached hydrogen (secondary N) is 1. The van der Waals surface area contributed by atoms with Crippen LogP contribution in [0.2, 0.25) is 0 Å². The number of piperidine rings is 1. The van der Waals surface area contributed by atoms with E-state index in [2.05, 4.69) is 5.32 Å². The molecule has 0 saturated carbocycles. The van der Waals surface area contributed by atoms with E-state index in [-0.39, 0.29) is 12.7 Å². The summed E-state index contributed by atoms with van der Waals surface area (Å²) >= 11 is 0. The molecule has 2 heterocycles. The fraction of sp³-hybridized carbons (Fsp3) is 1.00. The molecule has 2 fully saturated rings. The van der Waals surface area contributed by atoms with Crippen LogP contribution < -0.4 is 5.32 Å². The van der Waals surface area contributed by atoms with Crippen LogP contribution in [0.5, 0.6) is 0 Å². The Morgan fingerprint density at radius 2 is 2.33 bits per heavy atom. The molecule has 15 heavy (non-hydrogen) atoms. The molecule has 0 aliphatic carbocycles. The van der Waals surface area contributed by atoms with Crippen molar-refractivity contribution in [2.24, 2.45) is 0 Å². The maximum atomic E-state index is 8.98. The van der Waals surface area contributed by atoms with Gasteiger partial charge in [-0.05, 0) is 26.3 Å². The summed E-state index contributed by atoms with van der Waals surface area (Å²) in [4.78, 5) is 0. The average molecular weight is 215 g/mol. The second-order valence-corrected chi connectivity index (χ2v) is 4.72. The van der Waals surface area contributed by atoms with Gasteiger partial charge in [-0.25, -0.2) is 0 Å². The molecule has 0 spiro atoms. The van der Waals surface area contributed by atoms with Gasteiger partial charge in [-0.3, -0.25) is 0 Å². The summed E-state index contributed by atoms with van der Waals surface area (Å²) in [7, 11) is 0. The highest BCUT2D eigenvalue weighted by Gasteiger charge is 2.38. The van der Waals surface area contributed by atoms with Crippen molar-refractivity contribution in [2.45, 2.75) is 50.5 Å². The normalized spacial score (nSPS) is 42.0. The fourth-order valence-corrected chi connectivity index (χ4v) is 2.43. The molecular formula is C11H21NO3. The lowest BCUT2D eigenvalue weighted by Crippen LogP contribution is -2.41. The Labute approximate surface area is 90.9 Å². The Morgan fingerprint density at radius 3 is 2.93 bits per heavy atom. The summed E-state index contributed by atoms with van der Waals surface area (Å²) in [5, 5.41) is 12.5. The molecule has 4 nitrogen and oxygen atoms in total. The maximum absolute atomic E-state index is 8.98. The lowest BCUT2D eigenvalue weighted by molar-refractivity contribution is -0.166. The minimum absolute atomic E-state index is 0.0493. The van der Waals surface area contributed by atoms with Crippen LogP contribution in [-0.4, -0.2) is 42.8 Å². The average Bonchev–Trinajstić information content (AvgIpc) is 2.61. The highest BCUT2D eigenvalue weighted by atomic mass is 16.7. The van der Waals surface area contributed by atoms with Crippen molar-refractivity contribution in [1.29, 1.82) is 0 Å². The molecule has 0 amide bonds. The van der Waals surface area contributed by atoms with Crippen molar-refractivity contribution < 1.29 is 14.6 Å². The molecule has 0 radical (unpaired) electrons. The molecule has 88 valence electrons. The molecule has 0 aromatic carbocycles. The van der Waals surface area contributed by atoms with Crippen molar-refractivity contribution >= 4 is 0 Å². The van der Waals surface area contributed by atoms with Crippen molar-refractivity contribution in [2.75, 3.05) is 19.8 Å². The third kappa shape index (κ3) is 2.91. The van der Waals surface area contributed by atoms with E-state index < -0.39 is 5.79 Å². The highest BCUT2D eigenvalue weighted by Crippen LogP contribution is 2.29. The SMILES string of the molecule is CC1(CC2CCCCN2)OCC(CO)O1. The highest BCUT2D eigenvalue weighted by molar-refractivity contribution is 4.82. The predicted octanol–water partition coefficient (Wildman–Crippen LogP) is 0.642. The quantitative estimate of drug-likeness (QED) is 0.725. The van der Waals surface area contributed by atoms with Gasteiger partial charge in [-0.1, -0.05) is 6.42 Å². The van der Waals surface area contributed by atoms with E-state index in [0.717, 1.165) is 13.0 Å². The molecule has 2 saturated heterocycles. The van der Waals surface area contributed by atoms with E-state index in [9.17, 15) is 0 Å². The number of rotatable bonds is 3. The van der Waals surface area contributed by atoms with Crippen LogP contribution in [-0.2, 0) is 9.47 Å². The second-order valence-electron chi connectivity index (χ2n) is 4.72. The van der Waals surface area contributed by atoms with Gasteiger partial charge in [0.25, 0.3) is 0 Å². The van der Waals surface area contributed by atoms with E-state index in [1.54, 1.807) is 0 Å². The Balaban J connectivity index is 1.82. The molecule has 4 heteroatoms. The summed E-state index contributed by atoms with van der Waals surface area (Å²) in [5.41, 5.74) is 0. The number of hydrogen-bond donors (Lipinski definition) is 2. The van der Waals surface area contributed by atoms with Gasteiger partial charge in [0.1, 0.15) is 6.10 Å². The zero-order chi connectivity index (χ0) is 10.7. The van der Waals surface area contributed by atoms with Crippen molar-refractivity contribution in [3.8, 4) is 0 Å². The number of aliphatic hydroxyl groups excluding tert-OH is 1. The number of hydrogen-bond acceptors (Lipinski definition) is 4. The zero-order valence-electron chi connectivity index (χ0n) is 9.37. The van der Waals surface area contributed by atoms with Crippen LogP contribution in [0.15, 0.2) is 0 Å². The Morgan fingerprint density at radius 1 is 1.47 bits per heavy atom. The van der Waals surface area contributed by atoms with Crippen LogP contribution >= 0.6 is 0 Å². The van der Waals surface area contributed by atoms with E-state index in [1.807, 2.05) is 6.92 Å². The lowest BCUT2D eigenvalue weighted by Gasteiger charge is -2.31. The van der Waals surface area contributed by atoms with Gasteiger partial charge in [-0.15, -0.1) is 0 Å². The molecule has 0 bridgehead atoms. The molecule has 0 aromatic heterocycles. The molecule has 2 N–H and O–H groups in total. The van der Waals surface area contributed by atoms with E-state index >= 15 is 0 Å². The van der Waals surface area contributed by atoms with Gasteiger partial charge in [0.2, 0.25) is 0 Å². The largest absolute Gasteiger partial charge is 0.394 e. The van der Waals surface area contributed by atoms with Crippen LogP contribution in [0.1, 0.15) is 32.6 Å². The van der Waals surface area contributed by atoms with Gasteiger partial charge < -0.3 is 19.9 Å². The van der Waals surface area contributed by atoms with Gasteiger partial charge >= 0.3 is 0 Å². The van der Waals surface area contributed by atoms with Gasteiger partial charge in [-0.2, -0.15) is 0 Å². The molecule has 2 aliphatic rings. The molecule has 2 aliphatic heterocycles. The molecule has 3 atom stereocenters. The van der Waals surface area contributed by atoms with Crippen molar-refractivity contribution in [3.63, 3.8) is 0 Å². The third-order valence-electron chi connectivity index (χ3n) is 3.22. The third-order valence-corrected chi connectivity index (χ3v) is 3.22. The minimum Gasteiger partial charge on any atom is -0.394 e. The minimum atomic E-state index is -0.498. The lowest BCUT2D eigenvalue weighted by atomic mass is 9.98. The molecule has 2 rings (SSSR count). The second kappa shape index (κ2) is 4.78. The summed E-state index contributed by atoms with van der Waals surface area (Å²) in [6.45, 7) is 3.64. The Bertz CT molecular complexity index is 206. The fourth-order valence-electron chi connectivity index (χ4n) is 2.43. The first-order valence-corrected chi connectivity index (χ1v) is 5.88. The Kier molecular flexibility index (Phi) is 3.61. The van der Waals surface area contributed by atoms with Crippen LogP contribution in [0.25, 0.3) is 0 Å². The molecular weight excluding hydrogens is 194 g/mol. The summed E-state index contributed by atoms with van der Waals surface area (Å²) < 4.78 is 11.3. The van der Waals surface area contributed by atoms with Crippen LogP contribution in [0.3, 0.4) is 0 Å². The first kappa shape index (κ1) is 11.3. The van der Waals surface area contributed by atoms with Crippen LogP contribution in [0.4, 0.5) is 0 Å². The molecule has 0 aromatic rings. The predicted molar refractivity (Wildman–Crippen MR) is 56.6 cm³/mol. The maximum Gasteiger partial charge on any atom is 0.167 e. The van der Waals surface area contributed by atoms with Crippen molar-refractivity contribution in [3.05, 3.63) is 0 Å². The standard InChI is InChI=1S/C11H21NO3/c1-11(14-8-10(7-13)15-11)6-9-4-2-3-5-12-9/h9-10,12-13H,2-8H2,1H3. The van der Waals surface area contributed by atoms with E-state index in [4.69, 9.17) is 14.6 Å². The topological polar surface area (TPSA) is 50.7 Å². The summed E-state index contributed by atoms with van der Waals surface area (Å²) in [6, 6.07) is 0.501. The van der Waals surface area contributed by atoms with Crippen LogP contribution in [0, 0.1) is 0 Å². The zero-order valence-corrected chi connectivity index (χ0v) is 9.37. The van der Waals surface area contributed by atoms with Gasteiger partial charge in [0.15, 0.2) is 5.79 Å². The first-order valence-electron chi connectivity index (χ1n) is 5.88.